The molecule has 2 heteroatoms. The van der Waals surface area contributed by atoms with Gasteiger partial charge in [-0.15, -0.1) is 0 Å². The molecule has 0 saturated heterocycles. The van der Waals surface area contributed by atoms with Gasteiger partial charge >= 0.3 is 0 Å². The average Bonchev–Trinajstić information content (AvgIpc) is 2.65. The molecule has 2 N–H and O–H groups in total. The number of nitrogens with one attached hydrogen (secondary N) is 1. The lowest BCUT2D eigenvalue weighted by Gasteiger charge is -2.25. The number of hydrogen-bond acceptors (Lipinski definition) is 2. The average molecular weight is 317 g/mol. The molecular weight excluding hydrogens is 294 g/mol. The lowest BCUT2D eigenvalue weighted by molar-refractivity contribution is 0.127. The molecule has 3 rings (SSSR count). The van der Waals surface area contributed by atoms with Crippen LogP contribution in [-0.4, -0.2) is 5.11 Å². The Morgan fingerprint density at radius 1 is 0.750 bits per heavy atom. The summed E-state index contributed by atoms with van der Waals surface area (Å²) >= 11 is 0. The topological polar surface area (TPSA) is 32.3 Å². The molecule has 2 nitrogen and oxygen atoms in total. The monoisotopic (exact) mass is 317 g/mol. The number of benzene rings is 3. The van der Waals surface area contributed by atoms with Crippen molar-refractivity contribution >= 4 is 0 Å². The maximum atomic E-state index is 10.9. The van der Waals surface area contributed by atoms with Gasteiger partial charge < -0.3 is 10.4 Å². The molecule has 0 aromatic heterocycles. The molecule has 0 radical (unpaired) electrons. The van der Waals surface area contributed by atoms with E-state index in [-0.39, 0.29) is 6.04 Å². The highest BCUT2D eigenvalue weighted by Crippen LogP contribution is 2.29. The third kappa shape index (κ3) is 4.10. The van der Waals surface area contributed by atoms with Crippen molar-refractivity contribution in [2.45, 2.75) is 25.6 Å². The molecular formula is C22H23NO. The van der Waals surface area contributed by atoms with Gasteiger partial charge in [-0.3, -0.25) is 0 Å². The van der Waals surface area contributed by atoms with Crippen molar-refractivity contribution in [3.8, 4) is 0 Å². The third-order valence-corrected chi connectivity index (χ3v) is 4.26. The summed E-state index contributed by atoms with van der Waals surface area (Å²) in [5.41, 5.74) is 4.43. The molecule has 3 aromatic carbocycles. The highest BCUT2D eigenvalue weighted by molar-refractivity contribution is 5.29. The molecule has 0 aliphatic carbocycles. The van der Waals surface area contributed by atoms with Crippen molar-refractivity contribution in [2.75, 3.05) is 0 Å². The second-order valence-corrected chi connectivity index (χ2v) is 6.11. The Bertz CT molecular complexity index is 738. The summed E-state index contributed by atoms with van der Waals surface area (Å²) in [6.45, 7) is 2.78. The normalized spacial score (nSPS) is 13.4. The Kier molecular flexibility index (Phi) is 5.42. The minimum absolute atomic E-state index is 0.159. The number of aryl methyl sites for hydroxylation is 1. The standard InChI is InChI=1S/C22H23NO/c1-17-12-14-19(15-13-17)21(22(24)20-10-6-3-7-11-20)23-16-18-8-4-2-5-9-18/h2-15,21-24H,16H2,1H3. The van der Waals surface area contributed by atoms with E-state index in [1.165, 1.54) is 11.1 Å². The highest BCUT2D eigenvalue weighted by atomic mass is 16.3. The zero-order chi connectivity index (χ0) is 16.8. The van der Waals surface area contributed by atoms with Gasteiger partial charge in [0.15, 0.2) is 0 Å². The first kappa shape index (κ1) is 16.4. The number of hydrogen-bond donors (Lipinski definition) is 2. The van der Waals surface area contributed by atoms with E-state index < -0.39 is 6.10 Å². The molecule has 0 spiro atoms. The maximum absolute atomic E-state index is 10.9. The second kappa shape index (κ2) is 7.91. The van der Waals surface area contributed by atoms with Gasteiger partial charge in [0.25, 0.3) is 0 Å². The fraction of sp³-hybridized carbons (Fsp3) is 0.182. The Balaban J connectivity index is 1.84. The van der Waals surface area contributed by atoms with Crippen molar-refractivity contribution < 1.29 is 5.11 Å². The van der Waals surface area contributed by atoms with Gasteiger partial charge in [-0.1, -0.05) is 90.5 Å². The van der Waals surface area contributed by atoms with Crippen molar-refractivity contribution in [1.29, 1.82) is 0 Å². The summed E-state index contributed by atoms with van der Waals surface area (Å²) in [6, 6.07) is 28.3. The molecule has 2 unspecified atom stereocenters. The van der Waals surface area contributed by atoms with Crippen LogP contribution in [-0.2, 0) is 6.54 Å². The molecule has 122 valence electrons. The van der Waals surface area contributed by atoms with Gasteiger partial charge in [0.1, 0.15) is 0 Å². The predicted molar refractivity (Wildman–Crippen MR) is 98.6 cm³/mol. The summed E-state index contributed by atoms with van der Waals surface area (Å²) in [6.07, 6.45) is -0.599. The largest absolute Gasteiger partial charge is 0.386 e. The Morgan fingerprint density at radius 3 is 1.96 bits per heavy atom. The molecule has 24 heavy (non-hydrogen) atoms. The van der Waals surface area contributed by atoms with Gasteiger partial charge in [0.2, 0.25) is 0 Å². The zero-order valence-electron chi connectivity index (χ0n) is 13.9. The molecule has 0 bridgehead atoms. The van der Waals surface area contributed by atoms with Crippen molar-refractivity contribution in [3.05, 3.63) is 107 Å². The van der Waals surface area contributed by atoms with Crippen LogP contribution in [0.4, 0.5) is 0 Å². The van der Waals surface area contributed by atoms with E-state index in [1.54, 1.807) is 0 Å². The van der Waals surface area contributed by atoms with Gasteiger partial charge in [-0.25, -0.2) is 0 Å². The molecule has 0 fully saturated rings. The molecule has 0 heterocycles. The quantitative estimate of drug-likeness (QED) is 0.698. The van der Waals surface area contributed by atoms with Gasteiger partial charge in [-0.05, 0) is 23.6 Å². The van der Waals surface area contributed by atoms with Crippen LogP contribution in [0.25, 0.3) is 0 Å². The maximum Gasteiger partial charge on any atom is 0.0984 e. The lowest BCUT2D eigenvalue weighted by Crippen LogP contribution is -2.27. The van der Waals surface area contributed by atoms with Crippen LogP contribution < -0.4 is 5.32 Å². The first-order valence-corrected chi connectivity index (χ1v) is 8.31. The van der Waals surface area contributed by atoms with E-state index in [1.807, 2.05) is 48.5 Å². The highest BCUT2D eigenvalue weighted by Gasteiger charge is 2.22. The first-order chi connectivity index (χ1) is 11.7. The van der Waals surface area contributed by atoms with E-state index in [2.05, 4.69) is 48.6 Å². The van der Waals surface area contributed by atoms with Crippen LogP contribution in [0.1, 0.15) is 34.4 Å². The molecule has 0 aliphatic rings. The third-order valence-electron chi connectivity index (χ3n) is 4.26. The molecule has 0 saturated carbocycles. The van der Waals surface area contributed by atoms with Crippen LogP contribution in [0, 0.1) is 6.92 Å². The SMILES string of the molecule is Cc1ccc(C(NCc2ccccc2)C(O)c2ccccc2)cc1. The minimum atomic E-state index is -0.599. The summed E-state index contributed by atoms with van der Waals surface area (Å²) < 4.78 is 0. The van der Waals surface area contributed by atoms with Crippen molar-refractivity contribution in [2.24, 2.45) is 0 Å². The summed E-state index contributed by atoms with van der Waals surface area (Å²) in [5, 5.41) is 14.4. The fourth-order valence-corrected chi connectivity index (χ4v) is 2.85. The van der Waals surface area contributed by atoms with Crippen LogP contribution >= 0.6 is 0 Å². The van der Waals surface area contributed by atoms with Crippen LogP contribution in [0.2, 0.25) is 0 Å². The van der Waals surface area contributed by atoms with Gasteiger partial charge in [0, 0.05) is 6.54 Å². The van der Waals surface area contributed by atoms with E-state index >= 15 is 0 Å². The number of rotatable bonds is 6. The van der Waals surface area contributed by atoms with Crippen molar-refractivity contribution in [1.82, 2.24) is 5.32 Å². The van der Waals surface area contributed by atoms with Crippen LogP contribution in [0.15, 0.2) is 84.9 Å². The van der Waals surface area contributed by atoms with E-state index in [9.17, 15) is 5.11 Å². The molecule has 0 aliphatic heterocycles. The smallest absolute Gasteiger partial charge is 0.0984 e. The second-order valence-electron chi connectivity index (χ2n) is 6.11. The summed E-state index contributed by atoms with van der Waals surface area (Å²) in [4.78, 5) is 0. The van der Waals surface area contributed by atoms with E-state index in [0.29, 0.717) is 6.54 Å². The van der Waals surface area contributed by atoms with Gasteiger partial charge in [-0.2, -0.15) is 0 Å². The van der Waals surface area contributed by atoms with Crippen LogP contribution in [0.3, 0.4) is 0 Å². The fourth-order valence-electron chi connectivity index (χ4n) is 2.85. The molecule has 0 amide bonds. The lowest BCUT2D eigenvalue weighted by atomic mass is 9.95. The predicted octanol–water partition coefficient (Wildman–Crippen LogP) is 4.56. The number of aliphatic hydroxyl groups is 1. The van der Waals surface area contributed by atoms with E-state index in [4.69, 9.17) is 0 Å². The minimum Gasteiger partial charge on any atom is -0.386 e. The Morgan fingerprint density at radius 2 is 1.33 bits per heavy atom. The molecule has 2 atom stereocenters. The number of aliphatic hydroxyl groups excluding tert-OH is 1. The zero-order valence-corrected chi connectivity index (χ0v) is 13.9. The van der Waals surface area contributed by atoms with Gasteiger partial charge in [0.05, 0.1) is 12.1 Å². The summed E-state index contributed by atoms with van der Waals surface area (Å²) in [7, 11) is 0. The Hall–Kier alpha value is -2.42. The van der Waals surface area contributed by atoms with E-state index in [0.717, 1.165) is 11.1 Å². The van der Waals surface area contributed by atoms with Crippen molar-refractivity contribution in [3.63, 3.8) is 0 Å². The summed E-state index contributed by atoms with van der Waals surface area (Å²) in [5.74, 6) is 0. The first-order valence-electron chi connectivity index (χ1n) is 8.31. The van der Waals surface area contributed by atoms with Crippen LogP contribution in [0.5, 0.6) is 0 Å². The Labute approximate surface area is 143 Å². The molecule has 3 aromatic rings.